The van der Waals surface area contributed by atoms with Gasteiger partial charge in [-0.1, -0.05) is 0 Å². The van der Waals surface area contributed by atoms with E-state index in [1.807, 2.05) is 6.92 Å². The van der Waals surface area contributed by atoms with Crippen molar-refractivity contribution in [2.45, 2.75) is 32.0 Å². The number of likely N-dealkylation sites (tertiary alicyclic amines) is 1. The fourth-order valence-corrected chi connectivity index (χ4v) is 1.58. The smallest absolute Gasteiger partial charge is 0.122 e. The Bertz CT molecular complexity index is 134. The molecule has 1 heterocycles. The highest BCUT2D eigenvalue weighted by atomic mass is 19.1. The van der Waals surface area contributed by atoms with Gasteiger partial charge in [0, 0.05) is 25.7 Å². The molecule has 0 aromatic rings. The maximum Gasteiger partial charge on any atom is 0.122 e. The summed E-state index contributed by atoms with van der Waals surface area (Å²) in [7, 11) is 0. The van der Waals surface area contributed by atoms with Crippen molar-refractivity contribution >= 4 is 0 Å². The topological polar surface area (TPSA) is 29.3 Å². The predicted octanol–water partition coefficient (Wildman–Crippen LogP) is 0.767. The first-order chi connectivity index (χ1) is 4.99. The fourth-order valence-electron chi connectivity index (χ4n) is 1.58. The number of hydrogen-bond donors (Lipinski definition) is 1. The van der Waals surface area contributed by atoms with Crippen molar-refractivity contribution in [1.29, 1.82) is 0 Å². The lowest BCUT2D eigenvalue weighted by Gasteiger charge is -2.18. The zero-order valence-electron chi connectivity index (χ0n) is 7.31. The third kappa shape index (κ3) is 2.75. The van der Waals surface area contributed by atoms with Gasteiger partial charge in [0.15, 0.2) is 0 Å². The van der Waals surface area contributed by atoms with Gasteiger partial charge in [-0.25, -0.2) is 4.39 Å². The molecule has 1 aliphatic rings. The first kappa shape index (κ1) is 8.94. The van der Waals surface area contributed by atoms with Gasteiger partial charge in [-0.3, -0.25) is 4.90 Å². The predicted molar refractivity (Wildman–Crippen MR) is 44.2 cm³/mol. The highest BCUT2D eigenvalue weighted by Gasteiger charge is 2.33. The molecule has 0 radical (unpaired) electrons. The number of alkyl halides is 1. The SMILES string of the molecule is CC(N)CN1CCC(C)(F)C1. The van der Waals surface area contributed by atoms with Gasteiger partial charge in [-0.15, -0.1) is 0 Å². The van der Waals surface area contributed by atoms with Gasteiger partial charge in [0.2, 0.25) is 0 Å². The van der Waals surface area contributed by atoms with Gasteiger partial charge >= 0.3 is 0 Å². The van der Waals surface area contributed by atoms with Crippen LogP contribution in [-0.4, -0.2) is 36.2 Å². The molecule has 0 aliphatic carbocycles. The van der Waals surface area contributed by atoms with Gasteiger partial charge in [-0.2, -0.15) is 0 Å². The Kier molecular flexibility index (Phi) is 2.50. The highest BCUT2D eigenvalue weighted by Crippen LogP contribution is 2.24. The van der Waals surface area contributed by atoms with Crippen molar-refractivity contribution in [2.24, 2.45) is 5.73 Å². The summed E-state index contributed by atoms with van der Waals surface area (Å²) >= 11 is 0. The van der Waals surface area contributed by atoms with E-state index in [0.29, 0.717) is 13.0 Å². The summed E-state index contributed by atoms with van der Waals surface area (Å²) in [5, 5.41) is 0. The Hall–Kier alpha value is -0.150. The van der Waals surface area contributed by atoms with Crippen molar-refractivity contribution in [2.75, 3.05) is 19.6 Å². The number of nitrogens with two attached hydrogens (primary N) is 1. The average molecular weight is 160 g/mol. The van der Waals surface area contributed by atoms with Crippen molar-refractivity contribution in [3.05, 3.63) is 0 Å². The minimum Gasteiger partial charge on any atom is -0.327 e. The second-order valence-corrected chi connectivity index (χ2v) is 3.88. The molecule has 11 heavy (non-hydrogen) atoms. The van der Waals surface area contributed by atoms with Crippen molar-refractivity contribution in [3.8, 4) is 0 Å². The van der Waals surface area contributed by atoms with Gasteiger partial charge in [0.25, 0.3) is 0 Å². The Morgan fingerprint density at radius 2 is 2.36 bits per heavy atom. The van der Waals surface area contributed by atoms with Crippen LogP contribution in [0.2, 0.25) is 0 Å². The number of rotatable bonds is 2. The zero-order valence-corrected chi connectivity index (χ0v) is 7.31. The fraction of sp³-hybridized carbons (Fsp3) is 1.00. The molecule has 0 aromatic heterocycles. The standard InChI is InChI=1S/C8H17FN2/c1-7(10)5-11-4-3-8(2,9)6-11/h7H,3-6,10H2,1-2H3. The van der Waals surface area contributed by atoms with E-state index in [-0.39, 0.29) is 6.04 Å². The lowest BCUT2D eigenvalue weighted by molar-refractivity contribution is 0.186. The summed E-state index contributed by atoms with van der Waals surface area (Å²) in [6.07, 6.45) is 0.653. The summed E-state index contributed by atoms with van der Waals surface area (Å²) in [6, 6.07) is 0.156. The van der Waals surface area contributed by atoms with Crippen LogP contribution in [0.5, 0.6) is 0 Å². The van der Waals surface area contributed by atoms with Crippen LogP contribution in [0.15, 0.2) is 0 Å². The zero-order chi connectivity index (χ0) is 8.48. The molecule has 0 saturated carbocycles. The van der Waals surface area contributed by atoms with Crippen LogP contribution in [-0.2, 0) is 0 Å². The van der Waals surface area contributed by atoms with E-state index in [9.17, 15) is 4.39 Å². The summed E-state index contributed by atoms with van der Waals surface area (Å²) in [4.78, 5) is 2.09. The maximum atomic E-state index is 13.2. The van der Waals surface area contributed by atoms with Crippen molar-refractivity contribution in [3.63, 3.8) is 0 Å². The monoisotopic (exact) mass is 160 g/mol. The number of nitrogens with zero attached hydrogens (tertiary/aromatic N) is 1. The van der Waals surface area contributed by atoms with Crippen LogP contribution in [0, 0.1) is 0 Å². The Morgan fingerprint density at radius 1 is 1.73 bits per heavy atom. The van der Waals surface area contributed by atoms with E-state index in [4.69, 9.17) is 5.73 Å². The van der Waals surface area contributed by atoms with Gasteiger partial charge < -0.3 is 5.73 Å². The number of halogens is 1. The Balaban J connectivity index is 2.31. The van der Waals surface area contributed by atoms with Crippen molar-refractivity contribution in [1.82, 2.24) is 4.90 Å². The van der Waals surface area contributed by atoms with Crippen LogP contribution in [0.25, 0.3) is 0 Å². The molecule has 2 unspecified atom stereocenters. The number of hydrogen-bond acceptors (Lipinski definition) is 2. The van der Waals surface area contributed by atoms with Gasteiger partial charge in [0.1, 0.15) is 5.67 Å². The largest absolute Gasteiger partial charge is 0.327 e. The molecule has 0 aromatic carbocycles. The summed E-state index contributed by atoms with van der Waals surface area (Å²) in [5.41, 5.74) is 4.62. The molecule has 1 rings (SSSR count). The van der Waals surface area contributed by atoms with Gasteiger partial charge in [-0.05, 0) is 20.3 Å². The summed E-state index contributed by atoms with van der Waals surface area (Å²) in [5.74, 6) is 0. The summed E-state index contributed by atoms with van der Waals surface area (Å²) < 4.78 is 13.2. The molecule has 2 nitrogen and oxygen atoms in total. The third-order valence-electron chi connectivity index (χ3n) is 2.05. The molecule has 2 atom stereocenters. The van der Waals surface area contributed by atoms with Crippen LogP contribution < -0.4 is 5.73 Å². The molecule has 2 N–H and O–H groups in total. The van der Waals surface area contributed by atoms with E-state index in [1.54, 1.807) is 6.92 Å². The molecular weight excluding hydrogens is 143 g/mol. The third-order valence-corrected chi connectivity index (χ3v) is 2.05. The van der Waals surface area contributed by atoms with Crippen molar-refractivity contribution < 1.29 is 4.39 Å². The molecule has 1 fully saturated rings. The second-order valence-electron chi connectivity index (χ2n) is 3.88. The lowest BCUT2D eigenvalue weighted by atomic mass is 10.1. The molecular formula is C8H17FN2. The van der Waals surface area contributed by atoms with Crippen LogP contribution in [0.3, 0.4) is 0 Å². The minimum atomic E-state index is -0.977. The Labute approximate surface area is 67.6 Å². The van der Waals surface area contributed by atoms with Gasteiger partial charge in [0.05, 0.1) is 0 Å². The van der Waals surface area contributed by atoms with E-state index < -0.39 is 5.67 Å². The van der Waals surface area contributed by atoms with Crippen LogP contribution in [0.4, 0.5) is 4.39 Å². The molecule has 0 spiro atoms. The molecule has 0 amide bonds. The minimum absolute atomic E-state index is 0.156. The van der Waals surface area contributed by atoms with E-state index >= 15 is 0 Å². The lowest BCUT2D eigenvalue weighted by Crippen LogP contribution is -2.35. The molecule has 1 aliphatic heterocycles. The van der Waals surface area contributed by atoms with Crippen LogP contribution >= 0.6 is 0 Å². The second kappa shape index (κ2) is 3.07. The first-order valence-corrected chi connectivity index (χ1v) is 4.16. The maximum absolute atomic E-state index is 13.2. The quantitative estimate of drug-likeness (QED) is 0.646. The average Bonchev–Trinajstić information content (AvgIpc) is 2.08. The molecule has 66 valence electrons. The van der Waals surface area contributed by atoms with Crippen LogP contribution in [0.1, 0.15) is 20.3 Å². The molecule has 1 saturated heterocycles. The Morgan fingerprint density at radius 3 is 2.73 bits per heavy atom. The molecule has 0 bridgehead atoms. The summed E-state index contributed by atoms with van der Waals surface area (Å²) in [6.45, 7) is 5.84. The van der Waals surface area contributed by atoms with E-state index in [0.717, 1.165) is 13.1 Å². The van der Waals surface area contributed by atoms with E-state index in [2.05, 4.69) is 4.90 Å². The highest BCUT2D eigenvalue weighted by molar-refractivity contribution is 4.87. The normalized spacial score (nSPS) is 36.0. The molecule has 3 heteroatoms. The van der Waals surface area contributed by atoms with E-state index in [1.165, 1.54) is 0 Å². The first-order valence-electron chi connectivity index (χ1n) is 4.16.